The standard InChI is InChI=1S/C16H13Cl3F2N2O4S/c1-3-28-11(24)6-26-15(25)8-4-7(9(17)5-10(8)18)13-12(19)14(23(2)22-13)27-16(20)21/h4-5,16H,3,6H2,1-2H3. The van der Waals surface area contributed by atoms with Crippen LogP contribution in [0.2, 0.25) is 15.1 Å². The third-order valence-electron chi connectivity index (χ3n) is 3.30. The molecule has 0 spiro atoms. The smallest absolute Gasteiger partial charge is 0.388 e. The number of esters is 1. The lowest BCUT2D eigenvalue weighted by molar-refractivity contribution is -0.113. The normalized spacial score (nSPS) is 11.0. The predicted molar refractivity (Wildman–Crippen MR) is 104 cm³/mol. The molecule has 1 aromatic carbocycles. The molecule has 152 valence electrons. The number of hydrogen-bond donors (Lipinski definition) is 0. The second-order valence-corrected chi connectivity index (χ2v) is 7.68. The predicted octanol–water partition coefficient (Wildman–Crippen LogP) is 5.09. The van der Waals surface area contributed by atoms with Gasteiger partial charge in [0.05, 0.1) is 15.6 Å². The van der Waals surface area contributed by atoms with Crippen molar-refractivity contribution in [2.24, 2.45) is 7.05 Å². The number of ether oxygens (including phenoxy) is 2. The zero-order valence-electron chi connectivity index (χ0n) is 14.5. The number of carbonyl (C=O) groups excluding carboxylic acids is 2. The Balaban J connectivity index is 2.39. The maximum atomic E-state index is 12.5. The van der Waals surface area contributed by atoms with Crippen molar-refractivity contribution in [3.05, 3.63) is 32.8 Å². The molecule has 0 saturated carbocycles. The van der Waals surface area contributed by atoms with Crippen LogP contribution in [0.5, 0.6) is 5.88 Å². The first-order valence-corrected chi connectivity index (χ1v) is 9.77. The van der Waals surface area contributed by atoms with Crippen molar-refractivity contribution < 1.29 is 27.8 Å². The van der Waals surface area contributed by atoms with Gasteiger partial charge in [0.2, 0.25) is 11.0 Å². The Hall–Kier alpha value is -1.55. The number of benzene rings is 1. The molecule has 0 atom stereocenters. The molecule has 6 nitrogen and oxygen atoms in total. The molecule has 0 amide bonds. The molecule has 1 heterocycles. The van der Waals surface area contributed by atoms with Crippen LogP contribution < -0.4 is 4.74 Å². The Labute approximate surface area is 178 Å². The van der Waals surface area contributed by atoms with Gasteiger partial charge in [-0.3, -0.25) is 4.79 Å². The summed E-state index contributed by atoms with van der Waals surface area (Å²) in [5.74, 6) is -0.684. The largest absolute Gasteiger partial charge is 0.453 e. The first-order valence-electron chi connectivity index (χ1n) is 7.65. The molecule has 1 aromatic heterocycles. The van der Waals surface area contributed by atoms with Crippen LogP contribution >= 0.6 is 46.6 Å². The van der Waals surface area contributed by atoms with Gasteiger partial charge in [0.25, 0.3) is 0 Å². The van der Waals surface area contributed by atoms with Crippen molar-refractivity contribution >= 4 is 57.6 Å². The second-order valence-electron chi connectivity index (χ2n) is 5.16. The summed E-state index contributed by atoms with van der Waals surface area (Å²) in [6.07, 6.45) is 0. The van der Waals surface area contributed by atoms with E-state index in [1.807, 2.05) is 0 Å². The van der Waals surface area contributed by atoms with Gasteiger partial charge in [-0.15, -0.1) is 0 Å². The molecule has 0 fully saturated rings. The van der Waals surface area contributed by atoms with Crippen LogP contribution in [0.3, 0.4) is 0 Å². The third kappa shape index (κ3) is 5.28. The lowest BCUT2D eigenvalue weighted by Gasteiger charge is -2.09. The molecule has 0 radical (unpaired) electrons. The molecule has 0 aliphatic rings. The Bertz CT molecular complexity index is 908. The van der Waals surface area contributed by atoms with E-state index in [0.717, 1.165) is 16.4 Å². The molecule has 0 unspecified atom stereocenters. The minimum absolute atomic E-state index is 0.00754. The average molecular weight is 474 g/mol. The summed E-state index contributed by atoms with van der Waals surface area (Å²) < 4.78 is 35.4. The number of carbonyl (C=O) groups is 2. The van der Waals surface area contributed by atoms with Gasteiger partial charge in [-0.2, -0.15) is 13.9 Å². The third-order valence-corrected chi connectivity index (χ3v) is 4.99. The lowest BCUT2D eigenvalue weighted by atomic mass is 10.1. The molecular weight excluding hydrogens is 461 g/mol. The van der Waals surface area contributed by atoms with Gasteiger partial charge in [0.1, 0.15) is 10.7 Å². The van der Waals surface area contributed by atoms with Crippen molar-refractivity contribution in [1.82, 2.24) is 9.78 Å². The van der Waals surface area contributed by atoms with Gasteiger partial charge in [-0.25, -0.2) is 9.48 Å². The zero-order valence-corrected chi connectivity index (χ0v) is 17.6. The van der Waals surface area contributed by atoms with Crippen LogP contribution in [0.15, 0.2) is 12.1 Å². The molecule has 0 N–H and O–H groups in total. The molecule has 12 heteroatoms. The number of aryl methyl sites for hydroxylation is 1. The molecular formula is C16H13Cl3F2N2O4S. The van der Waals surface area contributed by atoms with Crippen LogP contribution in [0.1, 0.15) is 17.3 Å². The number of alkyl halides is 2. The molecule has 2 rings (SSSR count). The Morgan fingerprint density at radius 1 is 1.25 bits per heavy atom. The van der Waals surface area contributed by atoms with Gasteiger partial charge < -0.3 is 9.47 Å². The summed E-state index contributed by atoms with van der Waals surface area (Å²) in [4.78, 5) is 23.8. The van der Waals surface area contributed by atoms with Gasteiger partial charge in [0.15, 0.2) is 6.61 Å². The first-order chi connectivity index (χ1) is 13.1. The Kier molecular flexibility index (Phi) is 7.94. The topological polar surface area (TPSA) is 70.4 Å². The SMILES string of the molecule is CCSC(=O)COC(=O)c1cc(-c2nn(C)c(OC(F)F)c2Cl)c(Cl)cc1Cl. The molecule has 0 aliphatic heterocycles. The van der Waals surface area contributed by atoms with Crippen molar-refractivity contribution in [2.75, 3.05) is 12.4 Å². The highest BCUT2D eigenvalue weighted by Gasteiger charge is 2.24. The molecule has 2 aromatic rings. The molecule has 0 saturated heterocycles. The second kappa shape index (κ2) is 9.78. The summed E-state index contributed by atoms with van der Waals surface area (Å²) in [6, 6.07) is 2.51. The van der Waals surface area contributed by atoms with E-state index in [9.17, 15) is 18.4 Å². The number of hydrogen-bond acceptors (Lipinski definition) is 6. The fraction of sp³-hybridized carbons (Fsp3) is 0.312. The first kappa shape index (κ1) is 22.7. The maximum Gasteiger partial charge on any atom is 0.388 e. The van der Waals surface area contributed by atoms with Crippen LogP contribution in [-0.2, 0) is 16.6 Å². The molecule has 0 bridgehead atoms. The van der Waals surface area contributed by atoms with Crippen LogP contribution in [-0.4, -0.2) is 39.8 Å². The number of thioether (sulfide) groups is 1. The Morgan fingerprint density at radius 3 is 2.54 bits per heavy atom. The van der Waals surface area contributed by atoms with Gasteiger partial charge in [-0.05, 0) is 17.9 Å². The highest BCUT2D eigenvalue weighted by molar-refractivity contribution is 8.13. The monoisotopic (exact) mass is 472 g/mol. The number of rotatable bonds is 7. The summed E-state index contributed by atoms with van der Waals surface area (Å²) >= 11 is 19.3. The summed E-state index contributed by atoms with van der Waals surface area (Å²) in [5, 5.41) is 3.52. The van der Waals surface area contributed by atoms with E-state index < -0.39 is 19.2 Å². The zero-order chi connectivity index (χ0) is 21.0. The van der Waals surface area contributed by atoms with Crippen molar-refractivity contribution in [3.63, 3.8) is 0 Å². The average Bonchev–Trinajstić information content (AvgIpc) is 2.88. The van der Waals surface area contributed by atoms with E-state index in [0.29, 0.717) is 5.75 Å². The van der Waals surface area contributed by atoms with E-state index in [2.05, 4.69) is 9.84 Å². The van der Waals surface area contributed by atoms with E-state index >= 15 is 0 Å². The van der Waals surface area contributed by atoms with Gasteiger partial charge >= 0.3 is 12.6 Å². The van der Waals surface area contributed by atoms with Crippen LogP contribution in [0, 0.1) is 0 Å². The summed E-state index contributed by atoms with van der Waals surface area (Å²) in [7, 11) is 1.35. The highest BCUT2D eigenvalue weighted by Crippen LogP contribution is 2.40. The fourth-order valence-corrected chi connectivity index (χ4v) is 3.48. The summed E-state index contributed by atoms with van der Waals surface area (Å²) in [6.45, 7) is -1.75. The Morgan fingerprint density at radius 2 is 1.93 bits per heavy atom. The van der Waals surface area contributed by atoms with Gasteiger partial charge in [0, 0.05) is 12.6 Å². The number of aromatic nitrogens is 2. The molecule has 0 aliphatic carbocycles. The van der Waals surface area contributed by atoms with Crippen molar-refractivity contribution in [3.8, 4) is 17.1 Å². The maximum absolute atomic E-state index is 12.5. The quantitative estimate of drug-likeness (QED) is 0.522. The highest BCUT2D eigenvalue weighted by atomic mass is 35.5. The lowest BCUT2D eigenvalue weighted by Crippen LogP contribution is -2.12. The van der Waals surface area contributed by atoms with Gasteiger partial charge in [-0.1, -0.05) is 53.5 Å². The minimum Gasteiger partial charge on any atom is -0.453 e. The van der Waals surface area contributed by atoms with Crippen LogP contribution in [0.25, 0.3) is 11.3 Å². The minimum atomic E-state index is -3.11. The molecule has 28 heavy (non-hydrogen) atoms. The van der Waals surface area contributed by atoms with E-state index in [-0.39, 0.29) is 42.9 Å². The number of nitrogens with zero attached hydrogens (tertiary/aromatic N) is 2. The van der Waals surface area contributed by atoms with E-state index in [1.54, 1.807) is 6.92 Å². The van der Waals surface area contributed by atoms with E-state index in [1.165, 1.54) is 19.2 Å². The van der Waals surface area contributed by atoms with Crippen LogP contribution in [0.4, 0.5) is 8.78 Å². The fourth-order valence-electron chi connectivity index (χ4n) is 2.16. The summed E-state index contributed by atoms with van der Waals surface area (Å²) in [5.41, 5.74) is 0.0681. The van der Waals surface area contributed by atoms with E-state index in [4.69, 9.17) is 39.5 Å². The van der Waals surface area contributed by atoms with Crippen molar-refractivity contribution in [2.45, 2.75) is 13.5 Å². The van der Waals surface area contributed by atoms with Crippen molar-refractivity contribution in [1.29, 1.82) is 0 Å². The number of halogens is 5.